The first-order valence-electron chi connectivity index (χ1n) is 9.26. The summed E-state index contributed by atoms with van der Waals surface area (Å²) in [5.74, 6) is -0.702. The van der Waals surface area contributed by atoms with E-state index in [2.05, 4.69) is 4.99 Å². The summed E-state index contributed by atoms with van der Waals surface area (Å²) in [4.78, 5) is 17.6. The lowest BCUT2D eigenvalue weighted by Crippen LogP contribution is -2.39. The van der Waals surface area contributed by atoms with Crippen LogP contribution in [0.4, 0.5) is 18.9 Å². The van der Waals surface area contributed by atoms with Crippen molar-refractivity contribution in [2.45, 2.75) is 17.5 Å². The molecule has 2 aliphatic heterocycles. The fourth-order valence-electron chi connectivity index (χ4n) is 3.57. The van der Waals surface area contributed by atoms with E-state index in [1.807, 2.05) is 0 Å². The van der Waals surface area contributed by atoms with Crippen molar-refractivity contribution in [3.05, 3.63) is 60.2 Å². The van der Waals surface area contributed by atoms with Crippen molar-refractivity contribution in [3.8, 4) is 5.75 Å². The third kappa shape index (κ3) is 4.72. The maximum absolute atomic E-state index is 13.6. The minimum Gasteiger partial charge on any atom is -0.484 e. The summed E-state index contributed by atoms with van der Waals surface area (Å²) < 4.78 is 70.4. The minimum absolute atomic E-state index is 0.0447. The number of hydrogen-bond donors (Lipinski definition) is 0. The second-order valence-corrected chi connectivity index (χ2v) is 10.4. The van der Waals surface area contributed by atoms with Gasteiger partial charge in [0.05, 0.1) is 28.8 Å². The van der Waals surface area contributed by atoms with Crippen LogP contribution >= 0.6 is 11.8 Å². The van der Waals surface area contributed by atoms with Gasteiger partial charge in [-0.15, -0.1) is 0 Å². The van der Waals surface area contributed by atoms with E-state index in [0.29, 0.717) is 5.75 Å². The molecule has 2 aromatic carbocycles. The molecule has 2 fully saturated rings. The summed E-state index contributed by atoms with van der Waals surface area (Å²) in [7, 11) is -3.40. The first-order valence-corrected chi connectivity index (χ1v) is 12.0. The number of sulfone groups is 1. The van der Waals surface area contributed by atoms with Crippen LogP contribution in [0, 0.1) is 0 Å². The van der Waals surface area contributed by atoms with E-state index in [1.54, 1.807) is 30.3 Å². The van der Waals surface area contributed by atoms with Gasteiger partial charge in [0.15, 0.2) is 21.6 Å². The highest BCUT2D eigenvalue weighted by Crippen LogP contribution is 2.45. The van der Waals surface area contributed by atoms with E-state index in [9.17, 15) is 26.4 Å². The van der Waals surface area contributed by atoms with Gasteiger partial charge in [0.1, 0.15) is 5.75 Å². The third-order valence-corrected chi connectivity index (χ3v) is 8.07. The topological polar surface area (TPSA) is 76.0 Å². The first kappa shape index (κ1) is 21.7. The molecule has 0 radical (unpaired) electrons. The molecular weight excluding hydrogens is 453 g/mol. The zero-order valence-corrected chi connectivity index (χ0v) is 17.6. The minimum atomic E-state index is -4.65. The third-order valence-electron chi connectivity index (χ3n) is 4.86. The number of benzene rings is 2. The zero-order valence-electron chi connectivity index (χ0n) is 15.9. The maximum Gasteiger partial charge on any atom is 0.418 e. The van der Waals surface area contributed by atoms with Crippen molar-refractivity contribution in [1.82, 2.24) is 0 Å². The second kappa shape index (κ2) is 8.19. The molecule has 1 amide bonds. The van der Waals surface area contributed by atoms with Crippen molar-refractivity contribution in [1.29, 1.82) is 0 Å². The summed E-state index contributed by atoms with van der Waals surface area (Å²) in [6.07, 6.45) is -4.65. The fourth-order valence-corrected chi connectivity index (χ4v) is 7.49. The smallest absolute Gasteiger partial charge is 0.418 e. The number of ether oxygens (including phenoxy) is 1. The van der Waals surface area contributed by atoms with Crippen LogP contribution in [0.1, 0.15) is 5.56 Å². The molecule has 2 aromatic rings. The number of amidine groups is 1. The molecule has 2 saturated heterocycles. The first-order chi connectivity index (χ1) is 14.6. The molecule has 2 aliphatic rings. The number of carbonyl (C=O) groups is 1. The molecule has 6 nitrogen and oxygen atoms in total. The van der Waals surface area contributed by atoms with Crippen LogP contribution in [-0.4, -0.2) is 48.9 Å². The maximum atomic E-state index is 13.6. The van der Waals surface area contributed by atoms with E-state index in [-0.39, 0.29) is 22.4 Å². The summed E-state index contributed by atoms with van der Waals surface area (Å²) in [5.41, 5.74) is -1.14. The predicted octanol–water partition coefficient (Wildman–Crippen LogP) is 3.39. The molecule has 164 valence electrons. The predicted molar refractivity (Wildman–Crippen MR) is 112 cm³/mol. The molecule has 2 heterocycles. The second-order valence-electron chi connectivity index (χ2n) is 7.08. The van der Waals surface area contributed by atoms with Crippen LogP contribution in [0.5, 0.6) is 5.75 Å². The van der Waals surface area contributed by atoms with E-state index < -0.39 is 45.4 Å². The molecular formula is C20H17F3N2O4S2. The van der Waals surface area contributed by atoms with Crippen molar-refractivity contribution in [3.63, 3.8) is 0 Å². The van der Waals surface area contributed by atoms with Crippen LogP contribution in [0.15, 0.2) is 59.6 Å². The van der Waals surface area contributed by atoms with Crippen LogP contribution in [0.2, 0.25) is 0 Å². The van der Waals surface area contributed by atoms with E-state index in [4.69, 9.17) is 4.74 Å². The lowest BCUT2D eigenvalue weighted by atomic mass is 10.1. The van der Waals surface area contributed by atoms with Crippen molar-refractivity contribution >= 4 is 38.4 Å². The molecule has 0 N–H and O–H groups in total. The lowest BCUT2D eigenvalue weighted by molar-refractivity contribution is -0.137. The van der Waals surface area contributed by atoms with Crippen molar-refractivity contribution in [2.24, 2.45) is 4.99 Å². The molecule has 0 aromatic heterocycles. The van der Waals surface area contributed by atoms with Gasteiger partial charge in [0.2, 0.25) is 0 Å². The van der Waals surface area contributed by atoms with Crippen LogP contribution in [0.3, 0.4) is 0 Å². The molecule has 31 heavy (non-hydrogen) atoms. The average Bonchev–Trinajstić information content (AvgIpc) is 3.17. The summed E-state index contributed by atoms with van der Waals surface area (Å²) in [6, 6.07) is 12.7. The van der Waals surface area contributed by atoms with E-state index in [0.717, 1.165) is 17.8 Å². The quantitative estimate of drug-likeness (QED) is 0.682. The highest BCUT2D eigenvalue weighted by Gasteiger charge is 2.51. The summed E-state index contributed by atoms with van der Waals surface area (Å²) >= 11 is 1.01. The Balaban J connectivity index is 1.66. The molecule has 11 heteroatoms. The van der Waals surface area contributed by atoms with Crippen molar-refractivity contribution in [2.75, 3.05) is 23.0 Å². The van der Waals surface area contributed by atoms with E-state index >= 15 is 0 Å². The fraction of sp³-hybridized carbons (Fsp3) is 0.300. The number of anilines is 1. The Labute approximate surface area is 181 Å². The van der Waals surface area contributed by atoms with Crippen molar-refractivity contribution < 1.29 is 31.1 Å². The Morgan fingerprint density at radius 2 is 1.77 bits per heavy atom. The van der Waals surface area contributed by atoms with Gasteiger partial charge < -0.3 is 9.64 Å². The lowest BCUT2D eigenvalue weighted by Gasteiger charge is -2.27. The SMILES string of the molecule is O=C(COc1ccccc1)N=C1S[C@H]2CS(=O)(=O)C[C@H]2N1c1ccccc1C(F)(F)F. The van der Waals surface area contributed by atoms with Gasteiger partial charge in [0, 0.05) is 5.25 Å². The number of amides is 1. The Hall–Kier alpha value is -2.53. The van der Waals surface area contributed by atoms with Gasteiger partial charge in [-0.3, -0.25) is 4.79 Å². The molecule has 0 bridgehead atoms. The Bertz CT molecular complexity index is 1120. The van der Waals surface area contributed by atoms with Gasteiger partial charge in [0.25, 0.3) is 5.91 Å². The van der Waals surface area contributed by atoms with Gasteiger partial charge in [-0.05, 0) is 24.3 Å². The highest BCUT2D eigenvalue weighted by atomic mass is 32.2. The van der Waals surface area contributed by atoms with Gasteiger partial charge in [-0.1, -0.05) is 42.1 Å². The monoisotopic (exact) mass is 470 g/mol. The van der Waals surface area contributed by atoms with Crippen LogP contribution in [-0.2, 0) is 20.8 Å². The Morgan fingerprint density at radius 3 is 2.48 bits per heavy atom. The number of nitrogens with zero attached hydrogens (tertiary/aromatic N) is 2. The number of aliphatic imine (C=N–C) groups is 1. The Kier molecular flexibility index (Phi) is 5.73. The molecule has 0 saturated carbocycles. The molecule has 0 spiro atoms. The molecule has 0 aliphatic carbocycles. The van der Waals surface area contributed by atoms with Crippen LogP contribution < -0.4 is 9.64 Å². The number of para-hydroxylation sites is 2. The Morgan fingerprint density at radius 1 is 1.10 bits per heavy atom. The summed E-state index contributed by atoms with van der Waals surface area (Å²) in [6.45, 7) is -0.392. The molecule has 4 rings (SSSR count). The normalized spacial score (nSPS) is 23.7. The molecule has 0 unspecified atom stereocenters. The van der Waals surface area contributed by atoms with Gasteiger partial charge in [-0.25, -0.2) is 8.42 Å². The number of hydrogen-bond acceptors (Lipinski definition) is 5. The average molecular weight is 470 g/mol. The van der Waals surface area contributed by atoms with Gasteiger partial charge >= 0.3 is 6.18 Å². The molecule has 2 atom stereocenters. The number of halogens is 3. The highest BCUT2D eigenvalue weighted by molar-refractivity contribution is 8.16. The summed E-state index contributed by atoms with van der Waals surface area (Å²) in [5, 5.41) is -0.462. The number of fused-ring (bicyclic) bond motifs is 1. The number of carbonyl (C=O) groups excluding carboxylic acids is 1. The largest absolute Gasteiger partial charge is 0.484 e. The number of thioether (sulfide) groups is 1. The van der Waals surface area contributed by atoms with Crippen LogP contribution in [0.25, 0.3) is 0 Å². The van der Waals surface area contributed by atoms with E-state index in [1.165, 1.54) is 23.1 Å². The standard InChI is InChI=1S/C20H17F3N2O4S2/c21-20(22,23)14-8-4-5-9-15(14)25-16-11-31(27,28)12-17(16)30-19(25)24-18(26)10-29-13-6-2-1-3-7-13/h1-9,16-17H,10-12H2/t16-,17+/m1/s1. The zero-order chi connectivity index (χ0) is 22.2. The number of rotatable bonds is 4. The number of alkyl halides is 3. The van der Waals surface area contributed by atoms with Gasteiger partial charge in [-0.2, -0.15) is 18.2 Å².